The fourth-order valence-electron chi connectivity index (χ4n) is 3.06. The van der Waals surface area contributed by atoms with Crippen LogP contribution in [0.1, 0.15) is 31.1 Å². The molecule has 32 heavy (non-hydrogen) atoms. The molecule has 0 heterocycles. The number of nitrogens with zero attached hydrogens (tertiary/aromatic N) is 1. The first kappa shape index (κ1) is 26.1. The number of likely N-dealkylation sites (N-methyl/N-ethyl adjacent to an activating group) is 1. The normalized spacial score (nSPS) is 11.2. The van der Waals surface area contributed by atoms with E-state index in [1.165, 1.54) is 4.90 Å². The van der Waals surface area contributed by atoms with E-state index < -0.39 is 0 Å². The minimum atomic E-state index is -0.176. The smallest absolute Gasteiger partial charge is 0.255 e. The van der Waals surface area contributed by atoms with Gasteiger partial charge in [0.05, 0.1) is 22.9 Å². The molecule has 0 atom stereocenters. The molecule has 2 aromatic carbocycles. The molecule has 5 nitrogen and oxygen atoms in total. The second-order valence-electron chi connectivity index (χ2n) is 7.07. The molecule has 0 unspecified atom stereocenters. The lowest BCUT2D eigenvalue weighted by molar-refractivity contribution is 0.0945. The van der Waals surface area contributed by atoms with Crippen molar-refractivity contribution in [3.63, 3.8) is 0 Å². The second-order valence-corrected chi connectivity index (χ2v) is 8.65. The van der Waals surface area contributed by atoms with Crippen LogP contribution in [0.5, 0.6) is 5.75 Å². The molecule has 1 amide bonds. The Balaban J connectivity index is 2.07. The van der Waals surface area contributed by atoms with Gasteiger partial charge in [0.15, 0.2) is 0 Å². The van der Waals surface area contributed by atoms with Crippen molar-refractivity contribution in [3.05, 3.63) is 65.2 Å². The van der Waals surface area contributed by atoms with E-state index >= 15 is 0 Å². The first-order valence-electron chi connectivity index (χ1n) is 11.1. The Labute approximate surface area is 201 Å². The molecular formula is C25H34ClN3O2S. The van der Waals surface area contributed by atoms with Crippen LogP contribution in [0.2, 0.25) is 5.02 Å². The van der Waals surface area contributed by atoms with Crippen LogP contribution >= 0.6 is 23.4 Å². The number of hydrogen-bond donors (Lipinski definition) is 2. The number of benzene rings is 2. The number of rotatable bonds is 14. The van der Waals surface area contributed by atoms with Gasteiger partial charge in [-0.2, -0.15) is 0 Å². The van der Waals surface area contributed by atoms with Crippen LogP contribution in [-0.4, -0.2) is 55.9 Å². The van der Waals surface area contributed by atoms with E-state index in [9.17, 15) is 4.79 Å². The van der Waals surface area contributed by atoms with Crippen molar-refractivity contribution in [1.29, 1.82) is 0 Å². The van der Waals surface area contributed by atoms with E-state index in [-0.39, 0.29) is 5.91 Å². The molecule has 0 bridgehead atoms. The number of hydrogen-bond acceptors (Lipinski definition) is 5. The van der Waals surface area contributed by atoms with Crippen molar-refractivity contribution in [3.8, 4) is 5.75 Å². The van der Waals surface area contributed by atoms with Crippen LogP contribution in [0.3, 0.4) is 0 Å². The highest BCUT2D eigenvalue weighted by Crippen LogP contribution is 2.31. The Hall–Kier alpha value is -2.15. The number of anilines is 1. The predicted molar refractivity (Wildman–Crippen MR) is 138 cm³/mol. The van der Waals surface area contributed by atoms with Crippen LogP contribution in [-0.2, 0) is 0 Å². The minimum Gasteiger partial charge on any atom is -0.492 e. The zero-order valence-electron chi connectivity index (χ0n) is 19.2. The summed E-state index contributed by atoms with van der Waals surface area (Å²) in [6, 6.07) is 13.7. The molecule has 2 aromatic rings. The van der Waals surface area contributed by atoms with Gasteiger partial charge in [0, 0.05) is 36.3 Å². The van der Waals surface area contributed by atoms with Crippen molar-refractivity contribution >= 4 is 35.0 Å². The van der Waals surface area contributed by atoms with Gasteiger partial charge in [-0.05, 0) is 38.2 Å². The van der Waals surface area contributed by atoms with Crippen molar-refractivity contribution in [1.82, 2.24) is 10.2 Å². The topological polar surface area (TPSA) is 53.6 Å². The minimum absolute atomic E-state index is 0.176. The van der Waals surface area contributed by atoms with Crippen molar-refractivity contribution in [2.45, 2.75) is 25.7 Å². The van der Waals surface area contributed by atoms with Gasteiger partial charge in [-0.1, -0.05) is 55.8 Å². The molecule has 174 valence electrons. The maximum Gasteiger partial charge on any atom is 0.255 e. The Morgan fingerprint density at radius 3 is 2.62 bits per heavy atom. The maximum atomic E-state index is 12.9. The zero-order valence-corrected chi connectivity index (χ0v) is 20.8. The average Bonchev–Trinajstić information content (AvgIpc) is 2.81. The zero-order chi connectivity index (χ0) is 23.2. The molecule has 0 saturated heterocycles. The van der Waals surface area contributed by atoms with Gasteiger partial charge < -0.3 is 20.3 Å². The van der Waals surface area contributed by atoms with Gasteiger partial charge in [-0.25, -0.2) is 0 Å². The quantitative estimate of drug-likeness (QED) is 0.212. The molecule has 0 aromatic heterocycles. The summed E-state index contributed by atoms with van der Waals surface area (Å²) in [5, 5.41) is 6.76. The number of nitrogens with one attached hydrogen (secondary N) is 2. The third-order valence-electron chi connectivity index (χ3n) is 4.92. The Kier molecular flexibility index (Phi) is 12.1. The molecule has 2 rings (SSSR count). The third kappa shape index (κ3) is 8.77. The van der Waals surface area contributed by atoms with Gasteiger partial charge in [-0.3, -0.25) is 4.79 Å². The van der Waals surface area contributed by atoms with Gasteiger partial charge in [-0.15, -0.1) is 11.8 Å². The lowest BCUT2D eigenvalue weighted by Gasteiger charge is -2.19. The predicted octanol–water partition coefficient (Wildman–Crippen LogP) is 5.57. The summed E-state index contributed by atoms with van der Waals surface area (Å²) >= 11 is 8.18. The fourth-order valence-corrected chi connectivity index (χ4v) is 4.05. The summed E-state index contributed by atoms with van der Waals surface area (Å²) in [5.74, 6) is 1.13. The van der Waals surface area contributed by atoms with Gasteiger partial charge >= 0.3 is 0 Å². The molecule has 2 N–H and O–H groups in total. The standard InChI is InChI=1S/C25H34ClN3O2S/c1-4-7-13-27-23-19-24(31-16-17-32-20-11-9-8-10-12-20)21(18-22(23)26)25(30)28-14-15-29(5-2)6-3/h4,7-12,18-19,27H,5-6,13-17H2,1-3H3,(H,28,30)/b7-4+. The lowest BCUT2D eigenvalue weighted by Crippen LogP contribution is -2.35. The van der Waals surface area contributed by atoms with E-state index in [1.807, 2.05) is 43.3 Å². The SMILES string of the molecule is C/C=C/CNc1cc(OCCSc2ccccc2)c(C(=O)NCCN(CC)CC)cc1Cl. The summed E-state index contributed by atoms with van der Waals surface area (Å²) in [6.07, 6.45) is 3.97. The first-order valence-corrected chi connectivity index (χ1v) is 12.4. The molecule has 7 heteroatoms. The van der Waals surface area contributed by atoms with E-state index in [0.717, 1.165) is 31.1 Å². The Morgan fingerprint density at radius 2 is 1.94 bits per heavy atom. The summed E-state index contributed by atoms with van der Waals surface area (Å²) in [5.41, 5.74) is 1.20. The number of amides is 1. The Bertz CT molecular complexity index is 858. The first-order chi connectivity index (χ1) is 15.6. The molecule has 0 radical (unpaired) electrons. The second kappa shape index (κ2) is 14.8. The fraction of sp³-hybridized carbons (Fsp3) is 0.400. The van der Waals surface area contributed by atoms with E-state index in [1.54, 1.807) is 17.8 Å². The van der Waals surface area contributed by atoms with Crippen LogP contribution in [0, 0.1) is 0 Å². The summed E-state index contributed by atoms with van der Waals surface area (Å²) in [7, 11) is 0. The van der Waals surface area contributed by atoms with Crippen LogP contribution in [0.25, 0.3) is 0 Å². The Morgan fingerprint density at radius 1 is 1.19 bits per heavy atom. The van der Waals surface area contributed by atoms with Crippen LogP contribution in [0.15, 0.2) is 59.5 Å². The third-order valence-corrected chi connectivity index (χ3v) is 6.21. The largest absolute Gasteiger partial charge is 0.492 e. The monoisotopic (exact) mass is 475 g/mol. The lowest BCUT2D eigenvalue weighted by atomic mass is 10.1. The highest BCUT2D eigenvalue weighted by atomic mass is 35.5. The van der Waals surface area contributed by atoms with Crippen LogP contribution < -0.4 is 15.4 Å². The molecule has 0 fully saturated rings. The number of allylic oxidation sites excluding steroid dienone is 1. The number of halogens is 1. The van der Waals surface area contributed by atoms with Crippen molar-refractivity contribution in [2.24, 2.45) is 0 Å². The molecule has 0 spiro atoms. The van der Waals surface area contributed by atoms with Gasteiger partial charge in [0.2, 0.25) is 0 Å². The molecule has 0 aliphatic rings. The number of thioether (sulfide) groups is 1. The number of carbonyl (C=O) groups excluding carboxylic acids is 1. The highest BCUT2D eigenvalue weighted by molar-refractivity contribution is 7.99. The number of carbonyl (C=O) groups is 1. The molecular weight excluding hydrogens is 442 g/mol. The van der Waals surface area contributed by atoms with E-state index in [4.69, 9.17) is 16.3 Å². The summed E-state index contributed by atoms with van der Waals surface area (Å²) in [6.45, 7) is 10.6. The molecule has 0 saturated carbocycles. The van der Waals surface area contributed by atoms with Crippen LogP contribution in [0.4, 0.5) is 5.69 Å². The average molecular weight is 476 g/mol. The summed E-state index contributed by atoms with van der Waals surface area (Å²) in [4.78, 5) is 16.4. The summed E-state index contributed by atoms with van der Waals surface area (Å²) < 4.78 is 6.04. The molecule has 0 aliphatic carbocycles. The number of ether oxygens (including phenoxy) is 1. The van der Waals surface area contributed by atoms with Crippen molar-refractivity contribution < 1.29 is 9.53 Å². The van der Waals surface area contributed by atoms with Crippen molar-refractivity contribution in [2.75, 3.05) is 50.4 Å². The highest BCUT2D eigenvalue weighted by Gasteiger charge is 2.16. The van der Waals surface area contributed by atoms with E-state index in [2.05, 4.69) is 41.5 Å². The van der Waals surface area contributed by atoms with E-state index in [0.29, 0.717) is 36.0 Å². The maximum absolute atomic E-state index is 12.9. The van der Waals surface area contributed by atoms with Gasteiger partial charge in [0.25, 0.3) is 5.91 Å². The molecule has 0 aliphatic heterocycles. The van der Waals surface area contributed by atoms with Gasteiger partial charge in [0.1, 0.15) is 5.75 Å².